The number of imidazole rings is 1. The van der Waals surface area contributed by atoms with Crippen molar-refractivity contribution in [1.82, 2.24) is 19.8 Å². The molecule has 174 valence electrons. The SMILES string of the molecule is CC(C)NC(=O)Cn1cc(-c2ccc(CCN3CCCCC3)cc2)nc1-c1cccc(Cl)c1. The number of benzene rings is 2. The van der Waals surface area contributed by atoms with Gasteiger partial charge in [-0.1, -0.05) is 54.4 Å². The van der Waals surface area contributed by atoms with Crippen molar-refractivity contribution in [3.05, 3.63) is 65.3 Å². The third-order valence-electron chi connectivity index (χ3n) is 6.04. The molecule has 4 rings (SSSR count). The van der Waals surface area contributed by atoms with Crippen LogP contribution in [0, 0.1) is 0 Å². The first kappa shape index (κ1) is 23.5. The van der Waals surface area contributed by atoms with Gasteiger partial charge in [-0.15, -0.1) is 0 Å². The molecular weight excluding hydrogens is 432 g/mol. The molecular formula is C27H33ClN4O. The molecule has 6 heteroatoms. The molecule has 1 N–H and O–H groups in total. The first-order chi connectivity index (χ1) is 16.0. The highest BCUT2D eigenvalue weighted by atomic mass is 35.5. The molecule has 1 amide bonds. The maximum absolute atomic E-state index is 12.5. The Balaban J connectivity index is 1.54. The Morgan fingerprint density at radius 3 is 2.52 bits per heavy atom. The molecule has 0 atom stereocenters. The monoisotopic (exact) mass is 464 g/mol. The van der Waals surface area contributed by atoms with E-state index in [9.17, 15) is 4.79 Å². The van der Waals surface area contributed by atoms with E-state index in [1.807, 2.05) is 48.9 Å². The third kappa shape index (κ3) is 6.46. The number of nitrogens with one attached hydrogen (secondary N) is 1. The predicted octanol–water partition coefficient (Wildman–Crippen LogP) is 5.42. The van der Waals surface area contributed by atoms with Gasteiger partial charge in [-0.2, -0.15) is 0 Å². The maximum Gasteiger partial charge on any atom is 0.240 e. The van der Waals surface area contributed by atoms with E-state index in [1.165, 1.54) is 37.9 Å². The van der Waals surface area contributed by atoms with Crippen molar-refractivity contribution < 1.29 is 4.79 Å². The van der Waals surface area contributed by atoms with E-state index in [4.69, 9.17) is 16.6 Å². The van der Waals surface area contributed by atoms with Crippen LogP contribution in [-0.4, -0.2) is 46.0 Å². The molecule has 0 spiro atoms. The third-order valence-corrected chi connectivity index (χ3v) is 6.27. The lowest BCUT2D eigenvalue weighted by molar-refractivity contribution is -0.122. The molecule has 0 saturated carbocycles. The van der Waals surface area contributed by atoms with Crippen molar-refractivity contribution in [3.8, 4) is 22.6 Å². The van der Waals surface area contributed by atoms with Crippen molar-refractivity contribution in [2.75, 3.05) is 19.6 Å². The second-order valence-corrected chi connectivity index (χ2v) is 9.60. The van der Waals surface area contributed by atoms with Gasteiger partial charge in [0.2, 0.25) is 5.91 Å². The molecule has 2 heterocycles. The molecule has 0 radical (unpaired) electrons. The highest BCUT2D eigenvalue weighted by Gasteiger charge is 2.15. The summed E-state index contributed by atoms with van der Waals surface area (Å²) in [5.41, 5.74) is 4.13. The summed E-state index contributed by atoms with van der Waals surface area (Å²) in [6, 6.07) is 16.4. The van der Waals surface area contributed by atoms with E-state index < -0.39 is 0 Å². The fourth-order valence-corrected chi connectivity index (χ4v) is 4.56. The highest BCUT2D eigenvalue weighted by molar-refractivity contribution is 6.30. The predicted molar refractivity (Wildman–Crippen MR) is 135 cm³/mol. The van der Waals surface area contributed by atoms with Gasteiger partial charge in [-0.3, -0.25) is 4.79 Å². The zero-order chi connectivity index (χ0) is 23.2. The van der Waals surface area contributed by atoms with Gasteiger partial charge in [-0.25, -0.2) is 4.98 Å². The Kier molecular flexibility index (Phi) is 7.84. The average molecular weight is 465 g/mol. The number of nitrogens with zero attached hydrogens (tertiary/aromatic N) is 3. The first-order valence-corrected chi connectivity index (χ1v) is 12.3. The van der Waals surface area contributed by atoms with E-state index in [-0.39, 0.29) is 18.5 Å². The van der Waals surface area contributed by atoms with Crippen molar-refractivity contribution in [1.29, 1.82) is 0 Å². The molecule has 33 heavy (non-hydrogen) atoms. The van der Waals surface area contributed by atoms with Gasteiger partial charge in [0.25, 0.3) is 0 Å². The van der Waals surface area contributed by atoms with Crippen LogP contribution in [0.5, 0.6) is 0 Å². The van der Waals surface area contributed by atoms with E-state index in [0.717, 1.165) is 35.6 Å². The van der Waals surface area contributed by atoms with Crippen LogP contribution in [0.2, 0.25) is 5.02 Å². The summed E-state index contributed by atoms with van der Waals surface area (Å²) in [7, 11) is 0. The van der Waals surface area contributed by atoms with Crippen LogP contribution in [0.15, 0.2) is 54.7 Å². The summed E-state index contributed by atoms with van der Waals surface area (Å²) in [5, 5.41) is 3.61. The van der Waals surface area contributed by atoms with Gasteiger partial charge in [0.05, 0.1) is 5.69 Å². The van der Waals surface area contributed by atoms with Crippen LogP contribution < -0.4 is 5.32 Å². The molecule has 0 aliphatic carbocycles. The smallest absolute Gasteiger partial charge is 0.240 e. The molecule has 0 unspecified atom stereocenters. The minimum absolute atomic E-state index is 0.0368. The van der Waals surface area contributed by atoms with Crippen molar-refractivity contribution in [3.63, 3.8) is 0 Å². The number of carbonyl (C=O) groups is 1. The Morgan fingerprint density at radius 2 is 1.82 bits per heavy atom. The normalized spacial score (nSPS) is 14.5. The second-order valence-electron chi connectivity index (χ2n) is 9.16. The van der Waals surface area contributed by atoms with Gasteiger partial charge < -0.3 is 14.8 Å². The standard InChI is InChI=1S/C27H33ClN4O/c1-20(2)29-26(33)19-32-18-25(30-27(32)23-7-6-8-24(28)17-23)22-11-9-21(10-12-22)13-16-31-14-4-3-5-15-31/h6-12,17-18,20H,3-5,13-16,19H2,1-2H3,(H,29,33). The van der Waals surface area contributed by atoms with E-state index >= 15 is 0 Å². The van der Waals surface area contributed by atoms with E-state index in [2.05, 4.69) is 34.5 Å². The van der Waals surface area contributed by atoms with Gasteiger partial charge in [-0.05, 0) is 63.9 Å². The van der Waals surface area contributed by atoms with Crippen LogP contribution in [-0.2, 0) is 17.8 Å². The summed E-state index contributed by atoms with van der Waals surface area (Å²) >= 11 is 6.23. The van der Waals surface area contributed by atoms with E-state index in [1.54, 1.807) is 0 Å². The largest absolute Gasteiger partial charge is 0.352 e. The molecule has 0 bridgehead atoms. The molecule has 1 aliphatic rings. The zero-order valence-electron chi connectivity index (χ0n) is 19.6. The molecule has 2 aromatic carbocycles. The summed E-state index contributed by atoms with van der Waals surface area (Å²) in [5.74, 6) is 0.700. The Morgan fingerprint density at radius 1 is 1.06 bits per heavy atom. The van der Waals surface area contributed by atoms with Gasteiger partial charge in [0, 0.05) is 34.9 Å². The number of hydrogen-bond donors (Lipinski definition) is 1. The van der Waals surface area contributed by atoms with Gasteiger partial charge in [0.15, 0.2) is 0 Å². The second kappa shape index (κ2) is 11.0. The fourth-order valence-electron chi connectivity index (χ4n) is 4.37. The quantitative estimate of drug-likeness (QED) is 0.484. The van der Waals surface area contributed by atoms with Gasteiger partial charge >= 0.3 is 0 Å². The molecule has 3 aromatic rings. The van der Waals surface area contributed by atoms with Gasteiger partial charge in [0.1, 0.15) is 12.4 Å². The lowest BCUT2D eigenvalue weighted by atomic mass is 10.1. The summed E-state index contributed by atoms with van der Waals surface area (Å²) in [6.45, 7) is 7.71. The number of rotatable bonds is 8. The van der Waals surface area contributed by atoms with E-state index in [0.29, 0.717) is 5.02 Å². The molecule has 1 fully saturated rings. The molecule has 1 aliphatic heterocycles. The number of likely N-dealkylation sites (tertiary alicyclic amines) is 1. The molecule has 5 nitrogen and oxygen atoms in total. The fraction of sp³-hybridized carbons (Fsp3) is 0.407. The summed E-state index contributed by atoms with van der Waals surface area (Å²) in [4.78, 5) is 19.9. The van der Waals surface area contributed by atoms with Crippen molar-refractivity contribution in [2.45, 2.75) is 52.1 Å². The molecule has 1 saturated heterocycles. The van der Waals surface area contributed by atoms with Crippen LogP contribution in [0.25, 0.3) is 22.6 Å². The number of aromatic nitrogens is 2. The highest BCUT2D eigenvalue weighted by Crippen LogP contribution is 2.27. The Labute approximate surface area is 201 Å². The lowest BCUT2D eigenvalue weighted by Gasteiger charge is -2.26. The zero-order valence-corrected chi connectivity index (χ0v) is 20.3. The Bertz CT molecular complexity index is 1070. The lowest BCUT2D eigenvalue weighted by Crippen LogP contribution is -2.33. The number of halogens is 1. The first-order valence-electron chi connectivity index (χ1n) is 11.9. The molecule has 1 aromatic heterocycles. The maximum atomic E-state index is 12.5. The number of hydrogen-bond acceptors (Lipinski definition) is 3. The average Bonchev–Trinajstić information content (AvgIpc) is 3.22. The van der Waals surface area contributed by atoms with Crippen LogP contribution in [0.3, 0.4) is 0 Å². The summed E-state index contributed by atoms with van der Waals surface area (Å²) in [6.07, 6.45) is 7.04. The topological polar surface area (TPSA) is 50.2 Å². The number of amides is 1. The van der Waals surface area contributed by atoms with Crippen LogP contribution in [0.4, 0.5) is 0 Å². The number of piperidine rings is 1. The van der Waals surface area contributed by atoms with Crippen LogP contribution in [0.1, 0.15) is 38.7 Å². The number of carbonyl (C=O) groups excluding carboxylic acids is 1. The van der Waals surface area contributed by atoms with Crippen molar-refractivity contribution >= 4 is 17.5 Å². The minimum atomic E-state index is -0.0368. The Hall–Kier alpha value is -2.63. The van der Waals surface area contributed by atoms with Crippen molar-refractivity contribution in [2.24, 2.45) is 0 Å². The van der Waals surface area contributed by atoms with Crippen LogP contribution >= 0.6 is 11.6 Å². The minimum Gasteiger partial charge on any atom is -0.352 e. The summed E-state index contributed by atoms with van der Waals surface area (Å²) < 4.78 is 1.91.